The Hall–Kier alpha value is -2.57. The molecule has 0 unspecified atom stereocenters. The van der Waals surface area contributed by atoms with Crippen LogP contribution in [0.5, 0.6) is 0 Å². The van der Waals surface area contributed by atoms with E-state index in [1.807, 2.05) is 36.7 Å². The Morgan fingerprint density at radius 2 is 1.30 bits per heavy atom. The zero-order valence-electron chi connectivity index (χ0n) is 16.1. The molecule has 0 fully saturated rings. The van der Waals surface area contributed by atoms with Gasteiger partial charge in [-0.3, -0.25) is 0 Å². The van der Waals surface area contributed by atoms with Gasteiger partial charge in [-0.05, 0) is 35.4 Å². The van der Waals surface area contributed by atoms with Crippen molar-refractivity contribution in [2.24, 2.45) is 5.14 Å². The maximum absolute atomic E-state index is 11.3. The molecule has 0 amide bonds. The van der Waals surface area contributed by atoms with Gasteiger partial charge in [-0.15, -0.1) is 10.2 Å². The number of aryl methyl sites for hydroxylation is 2. The number of sulfonamides is 1. The van der Waals surface area contributed by atoms with Crippen molar-refractivity contribution in [3.63, 3.8) is 0 Å². The quantitative estimate of drug-likeness (QED) is 0.431. The van der Waals surface area contributed by atoms with Gasteiger partial charge in [-0.1, -0.05) is 35.0 Å². The molecule has 0 bridgehead atoms. The Morgan fingerprint density at radius 1 is 0.833 bits per heavy atom. The number of hydrogen-bond acceptors (Lipinski definition) is 7. The second-order valence-corrected chi connectivity index (χ2v) is 8.60. The van der Waals surface area contributed by atoms with Gasteiger partial charge < -0.3 is 0 Å². The first-order chi connectivity index (χ1) is 13.8. The number of hydrogen-bond donors (Lipinski definition) is 2. The first-order valence-electron chi connectivity index (χ1n) is 8.45. The minimum absolute atomic E-state index is 0.0934. The van der Waals surface area contributed by atoms with Crippen molar-refractivity contribution < 1.29 is 42.0 Å². The molecule has 3 aromatic rings. The Labute approximate surface area is 176 Å². The molecule has 0 radical (unpaired) electrons. The summed E-state index contributed by atoms with van der Waals surface area (Å²) >= 11 is 0. The first-order valence-corrected chi connectivity index (χ1v) is 11.2. The summed E-state index contributed by atoms with van der Waals surface area (Å²) in [6.07, 6.45) is 0. The highest BCUT2D eigenvalue weighted by molar-refractivity contribution is 7.89. The van der Waals surface area contributed by atoms with Gasteiger partial charge in [0.1, 0.15) is 0 Å². The molecule has 30 heavy (non-hydrogen) atoms. The lowest BCUT2D eigenvalue weighted by Gasteiger charge is -2.17. The standard InChI is InChI=1S/C19H20N3O2S.ClHO4/c1-14-12-17(16-6-4-3-5-7-16)13-15(2)22(14)21-18-8-10-19(11-9-18)25(20,23)24;2-1(3,4)5/h3-13,21H,1-2H3,(H2,20,23,24);(H,2,3,4,5)/q+1;/p-1. The monoisotopic (exact) mass is 453 g/mol. The smallest absolute Gasteiger partial charge is 0.225 e. The van der Waals surface area contributed by atoms with E-state index >= 15 is 0 Å². The molecule has 1 aromatic heterocycles. The van der Waals surface area contributed by atoms with Crippen molar-refractivity contribution in [3.05, 3.63) is 78.1 Å². The van der Waals surface area contributed by atoms with Gasteiger partial charge in [0.15, 0.2) is 0 Å². The Kier molecular flexibility index (Phi) is 7.50. The molecule has 160 valence electrons. The molecule has 3 rings (SSSR count). The van der Waals surface area contributed by atoms with E-state index in [4.69, 9.17) is 23.8 Å². The fraction of sp³-hybridized carbons (Fsp3) is 0.105. The molecule has 0 saturated heterocycles. The lowest BCUT2D eigenvalue weighted by atomic mass is 10.1. The summed E-state index contributed by atoms with van der Waals surface area (Å²) in [7, 11) is -8.62. The summed E-state index contributed by atoms with van der Waals surface area (Å²) in [5.74, 6) is 0. The molecular weight excluding hydrogens is 434 g/mol. The normalized spacial score (nSPS) is 11.4. The predicted octanol–water partition coefficient (Wildman–Crippen LogP) is -1.98. The predicted molar refractivity (Wildman–Crippen MR) is 98.4 cm³/mol. The highest BCUT2D eigenvalue weighted by atomic mass is 35.7. The van der Waals surface area contributed by atoms with Crippen LogP contribution in [0.2, 0.25) is 0 Å². The number of benzene rings is 2. The highest BCUT2D eigenvalue weighted by Gasteiger charge is 2.15. The number of primary sulfonamides is 1. The molecule has 2 aromatic carbocycles. The maximum Gasteiger partial charge on any atom is 0.238 e. The Balaban J connectivity index is 0.000000575. The largest absolute Gasteiger partial charge is 0.238 e. The van der Waals surface area contributed by atoms with E-state index in [0.717, 1.165) is 22.6 Å². The number of aromatic nitrogens is 1. The second kappa shape index (κ2) is 9.49. The fourth-order valence-electron chi connectivity index (χ4n) is 2.72. The summed E-state index contributed by atoms with van der Waals surface area (Å²) in [6, 6.07) is 20.8. The van der Waals surface area contributed by atoms with Crippen LogP contribution in [0.1, 0.15) is 11.4 Å². The molecule has 0 aliphatic rings. The number of nitrogens with two attached hydrogens (primary N) is 1. The van der Waals surface area contributed by atoms with E-state index in [2.05, 4.69) is 29.7 Å². The number of halogens is 1. The molecule has 9 nitrogen and oxygen atoms in total. The van der Waals surface area contributed by atoms with E-state index < -0.39 is 20.3 Å². The van der Waals surface area contributed by atoms with Crippen LogP contribution in [-0.2, 0) is 10.0 Å². The molecule has 0 atom stereocenters. The maximum atomic E-state index is 11.3. The van der Waals surface area contributed by atoms with Crippen LogP contribution in [0, 0.1) is 24.1 Å². The Bertz CT molecular complexity index is 1070. The molecular formula is C19H20ClN3O6S. The van der Waals surface area contributed by atoms with Crippen molar-refractivity contribution in [2.75, 3.05) is 5.43 Å². The van der Waals surface area contributed by atoms with Crippen molar-refractivity contribution in [2.45, 2.75) is 18.7 Å². The molecule has 1 heterocycles. The van der Waals surface area contributed by atoms with Gasteiger partial charge in [0.05, 0.1) is 10.6 Å². The topological polar surface area (TPSA) is 168 Å². The van der Waals surface area contributed by atoms with Crippen LogP contribution in [-0.4, -0.2) is 8.42 Å². The summed E-state index contributed by atoms with van der Waals surface area (Å²) in [5.41, 5.74) is 8.44. The minimum atomic E-state index is -4.94. The van der Waals surface area contributed by atoms with Gasteiger partial charge in [-0.2, -0.15) is 5.43 Å². The molecule has 11 heteroatoms. The number of nitrogens with zero attached hydrogens (tertiary/aromatic N) is 1. The number of rotatable bonds is 4. The fourth-order valence-corrected chi connectivity index (χ4v) is 3.24. The number of nitrogens with one attached hydrogen (secondary N) is 1. The van der Waals surface area contributed by atoms with E-state index in [1.54, 1.807) is 12.1 Å². The zero-order valence-corrected chi connectivity index (χ0v) is 17.7. The van der Waals surface area contributed by atoms with Gasteiger partial charge in [0.2, 0.25) is 21.4 Å². The summed E-state index contributed by atoms with van der Waals surface area (Å²) in [5, 5.41) is 5.13. The van der Waals surface area contributed by atoms with Crippen LogP contribution >= 0.6 is 0 Å². The van der Waals surface area contributed by atoms with E-state index in [-0.39, 0.29) is 4.90 Å². The summed E-state index contributed by atoms with van der Waals surface area (Å²) < 4.78 is 58.6. The first kappa shape index (κ1) is 23.7. The van der Waals surface area contributed by atoms with Gasteiger partial charge in [-0.25, -0.2) is 32.2 Å². The van der Waals surface area contributed by atoms with Gasteiger partial charge in [0.25, 0.3) is 0 Å². The highest BCUT2D eigenvalue weighted by Crippen LogP contribution is 2.20. The third-order valence-electron chi connectivity index (χ3n) is 3.97. The van der Waals surface area contributed by atoms with Gasteiger partial charge in [0, 0.05) is 26.0 Å². The van der Waals surface area contributed by atoms with E-state index in [0.29, 0.717) is 0 Å². The van der Waals surface area contributed by atoms with Crippen molar-refractivity contribution in [3.8, 4) is 11.1 Å². The average Bonchev–Trinajstić information content (AvgIpc) is 2.63. The summed E-state index contributed by atoms with van der Waals surface area (Å²) in [6.45, 7) is 4.04. The molecule has 0 aliphatic carbocycles. The lowest BCUT2D eigenvalue weighted by Crippen LogP contribution is -2.68. The molecule has 0 aliphatic heterocycles. The van der Waals surface area contributed by atoms with Crippen LogP contribution < -0.4 is 33.9 Å². The Morgan fingerprint density at radius 3 is 1.73 bits per heavy atom. The molecule has 3 N–H and O–H groups in total. The van der Waals surface area contributed by atoms with Crippen molar-refractivity contribution in [1.82, 2.24) is 0 Å². The van der Waals surface area contributed by atoms with Crippen molar-refractivity contribution >= 4 is 15.7 Å². The van der Waals surface area contributed by atoms with E-state index in [1.165, 1.54) is 17.7 Å². The van der Waals surface area contributed by atoms with Crippen molar-refractivity contribution in [1.29, 1.82) is 0 Å². The van der Waals surface area contributed by atoms with Crippen LogP contribution in [0.3, 0.4) is 0 Å². The lowest BCUT2D eigenvalue weighted by molar-refractivity contribution is -2.00. The number of anilines is 1. The van der Waals surface area contributed by atoms with Crippen LogP contribution in [0.4, 0.5) is 5.69 Å². The van der Waals surface area contributed by atoms with Crippen LogP contribution in [0.15, 0.2) is 71.6 Å². The van der Waals surface area contributed by atoms with E-state index in [9.17, 15) is 8.42 Å². The second-order valence-electron chi connectivity index (χ2n) is 6.29. The molecule has 0 saturated carbocycles. The van der Waals surface area contributed by atoms with Gasteiger partial charge >= 0.3 is 0 Å². The molecule has 0 spiro atoms. The zero-order chi connectivity index (χ0) is 22.5. The third kappa shape index (κ3) is 7.35. The minimum Gasteiger partial charge on any atom is -0.225 e. The average molecular weight is 454 g/mol. The number of pyridine rings is 1. The summed E-state index contributed by atoms with van der Waals surface area (Å²) in [4.78, 5) is 0.0934. The third-order valence-corrected chi connectivity index (χ3v) is 4.89. The van der Waals surface area contributed by atoms with Crippen LogP contribution in [0.25, 0.3) is 11.1 Å². The SMILES string of the molecule is Cc1cc(-c2ccccc2)cc(C)[n+]1Nc1ccc(S(N)(=O)=O)cc1.[O-][Cl+3]([O-])([O-])[O-].